The molecule has 0 saturated carbocycles. The van der Waals surface area contributed by atoms with E-state index in [0.717, 1.165) is 0 Å². The van der Waals surface area contributed by atoms with Crippen molar-refractivity contribution in [1.29, 1.82) is 0 Å². The van der Waals surface area contributed by atoms with E-state index in [0.29, 0.717) is 21.2 Å². The van der Waals surface area contributed by atoms with Gasteiger partial charge in [0.1, 0.15) is 5.60 Å². The number of carbonyl (C=O) groups is 2. The number of carbonyl (C=O) groups excluding carboxylic acids is 2. The first-order valence-electron chi connectivity index (χ1n) is 8.92. The van der Waals surface area contributed by atoms with E-state index in [9.17, 15) is 22.8 Å². The number of anilines is 2. The molecule has 5 nitrogen and oxygen atoms in total. The Morgan fingerprint density at radius 2 is 1.83 bits per heavy atom. The molecule has 1 aliphatic rings. The van der Waals surface area contributed by atoms with Crippen molar-refractivity contribution in [1.82, 2.24) is 0 Å². The zero-order chi connectivity index (χ0) is 21.6. The van der Waals surface area contributed by atoms with Gasteiger partial charge in [0.2, 0.25) is 0 Å². The number of fused-ring (bicyclic) bond motifs is 3. The number of alkyl halides is 4. The fourth-order valence-corrected chi connectivity index (χ4v) is 3.69. The first-order chi connectivity index (χ1) is 13.4. The second-order valence-corrected chi connectivity index (χ2v) is 8.10. The number of benzene rings is 2. The van der Waals surface area contributed by atoms with Gasteiger partial charge in [0.25, 0.3) is 0 Å². The van der Waals surface area contributed by atoms with Crippen molar-refractivity contribution in [2.24, 2.45) is 0 Å². The van der Waals surface area contributed by atoms with Crippen LogP contribution in [0, 0.1) is 0 Å². The molecule has 1 heterocycles. The highest BCUT2D eigenvalue weighted by molar-refractivity contribution is 6.19. The standard InChI is InChI=1S/C20H20ClF3N2O3/c1-19(2,3)29-18(28)25-14-8-15-16(13-7-5-4-6-12(13)14)11(9-21)10-26(15)17(27)20(22,23)24/h4-8,11H,9-10H2,1-3H3,(H,25,28). The van der Waals surface area contributed by atoms with Crippen molar-refractivity contribution < 1.29 is 27.5 Å². The number of ether oxygens (including phenoxy) is 1. The Labute approximate surface area is 170 Å². The van der Waals surface area contributed by atoms with Gasteiger partial charge >= 0.3 is 18.2 Å². The van der Waals surface area contributed by atoms with Crippen LogP contribution < -0.4 is 10.2 Å². The van der Waals surface area contributed by atoms with Crippen LogP contribution in [0.5, 0.6) is 0 Å². The molecule has 1 aliphatic heterocycles. The quantitative estimate of drug-likeness (QED) is 0.650. The summed E-state index contributed by atoms with van der Waals surface area (Å²) in [7, 11) is 0. The van der Waals surface area contributed by atoms with Crippen molar-refractivity contribution in [3.63, 3.8) is 0 Å². The van der Waals surface area contributed by atoms with Gasteiger partial charge in [0.05, 0.1) is 11.4 Å². The Morgan fingerprint density at radius 3 is 2.38 bits per heavy atom. The zero-order valence-electron chi connectivity index (χ0n) is 16.1. The van der Waals surface area contributed by atoms with Gasteiger partial charge in [-0.15, -0.1) is 11.6 Å². The summed E-state index contributed by atoms with van der Waals surface area (Å²) in [5, 5.41) is 3.83. The average Bonchev–Trinajstić information content (AvgIpc) is 2.97. The van der Waals surface area contributed by atoms with E-state index in [4.69, 9.17) is 16.3 Å². The molecule has 1 N–H and O–H groups in total. The van der Waals surface area contributed by atoms with E-state index >= 15 is 0 Å². The summed E-state index contributed by atoms with van der Waals surface area (Å²) >= 11 is 6.01. The molecule has 29 heavy (non-hydrogen) atoms. The van der Waals surface area contributed by atoms with Gasteiger partial charge in [-0.25, -0.2) is 4.79 Å². The Morgan fingerprint density at radius 1 is 1.21 bits per heavy atom. The second-order valence-electron chi connectivity index (χ2n) is 7.79. The van der Waals surface area contributed by atoms with Crippen molar-refractivity contribution in [3.05, 3.63) is 35.9 Å². The molecule has 2 aromatic carbocycles. The molecule has 2 aromatic rings. The third kappa shape index (κ3) is 4.27. The van der Waals surface area contributed by atoms with Crippen LogP contribution in [0.2, 0.25) is 0 Å². The summed E-state index contributed by atoms with van der Waals surface area (Å²) in [4.78, 5) is 24.9. The van der Waals surface area contributed by atoms with Gasteiger partial charge in [-0.2, -0.15) is 13.2 Å². The van der Waals surface area contributed by atoms with Crippen LogP contribution in [-0.2, 0) is 9.53 Å². The molecule has 0 aliphatic carbocycles. The van der Waals surface area contributed by atoms with Gasteiger partial charge in [-0.3, -0.25) is 10.1 Å². The Kier molecular flexibility index (Phi) is 5.42. The smallest absolute Gasteiger partial charge is 0.444 e. The monoisotopic (exact) mass is 428 g/mol. The average molecular weight is 429 g/mol. The Balaban J connectivity index is 2.14. The van der Waals surface area contributed by atoms with Crippen LogP contribution in [0.25, 0.3) is 10.8 Å². The molecule has 9 heteroatoms. The minimum absolute atomic E-state index is 0.0530. The summed E-state index contributed by atoms with van der Waals surface area (Å²) in [5.41, 5.74) is 0.146. The van der Waals surface area contributed by atoms with E-state index in [-0.39, 0.29) is 23.8 Å². The van der Waals surface area contributed by atoms with E-state index in [1.165, 1.54) is 6.07 Å². The summed E-state index contributed by atoms with van der Waals surface area (Å²) in [6.45, 7) is 4.91. The van der Waals surface area contributed by atoms with E-state index < -0.39 is 29.7 Å². The van der Waals surface area contributed by atoms with Crippen molar-refractivity contribution in [2.45, 2.75) is 38.5 Å². The van der Waals surface area contributed by atoms with E-state index in [1.54, 1.807) is 45.0 Å². The predicted octanol–water partition coefficient (Wildman–Crippen LogP) is 5.42. The van der Waals surface area contributed by atoms with Gasteiger partial charge in [0.15, 0.2) is 0 Å². The lowest BCUT2D eigenvalue weighted by atomic mass is 9.95. The number of amides is 2. The Bertz CT molecular complexity index is 970. The lowest BCUT2D eigenvalue weighted by Gasteiger charge is -2.22. The largest absolute Gasteiger partial charge is 0.471 e. The highest BCUT2D eigenvalue weighted by atomic mass is 35.5. The van der Waals surface area contributed by atoms with E-state index in [1.807, 2.05) is 0 Å². The number of halogens is 4. The van der Waals surface area contributed by atoms with Gasteiger partial charge < -0.3 is 9.64 Å². The molecule has 0 aromatic heterocycles. The number of hydrogen-bond acceptors (Lipinski definition) is 3. The molecule has 3 rings (SSSR count). The molecular formula is C20H20ClF3N2O3. The zero-order valence-corrected chi connectivity index (χ0v) is 16.8. The van der Waals surface area contributed by atoms with Gasteiger partial charge in [0, 0.05) is 23.7 Å². The number of hydrogen-bond donors (Lipinski definition) is 1. The van der Waals surface area contributed by atoms with Crippen LogP contribution in [-0.4, -0.2) is 36.2 Å². The van der Waals surface area contributed by atoms with Crippen molar-refractivity contribution >= 4 is 45.7 Å². The van der Waals surface area contributed by atoms with Crippen LogP contribution in [0.4, 0.5) is 29.3 Å². The maximum absolute atomic E-state index is 13.1. The number of nitrogens with one attached hydrogen (secondary N) is 1. The normalized spacial score (nSPS) is 16.7. The molecule has 156 valence electrons. The highest BCUT2D eigenvalue weighted by Gasteiger charge is 2.47. The summed E-state index contributed by atoms with van der Waals surface area (Å²) in [6.07, 6.45) is -5.77. The fraction of sp³-hybridized carbons (Fsp3) is 0.400. The molecule has 0 fully saturated rings. The van der Waals surface area contributed by atoms with Crippen molar-refractivity contribution in [3.8, 4) is 0 Å². The molecule has 1 unspecified atom stereocenters. The lowest BCUT2D eigenvalue weighted by molar-refractivity contribution is -0.170. The van der Waals surface area contributed by atoms with Crippen molar-refractivity contribution in [2.75, 3.05) is 22.6 Å². The second kappa shape index (κ2) is 7.40. The first kappa shape index (κ1) is 21.2. The SMILES string of the molecule is CC(C)(C)OC(=O)Nc1cc2c(c3ccccc13)C(CCl)CN2C(=O)C(F)(F)F. The molecule has 0 radical (unpaired) electrons. The molecule has 0 saturated heterocycles. The molecule has 2 amide bonds. The Hall–Kier alpha value is -2.48. The third-order valence-corrected chi connectivity index (χ3v) is 4.85. The molecule has 0 bridgehead atoms. The maximum atomic E-state index is 13.1. The maximum Gasteiger partial charge on any atom is 0.471 e. The molecule has 1 atom stereocenters. The van der Waals surface area contributed by atoms with Gasteiger partial charge in [-0.05, 0) is 37.8 Å². The third-order valence-electron chi connectivity index (χ3n) is 4.48. The van der Waals surface area contributed by atoms with Crippen LogP contribution in [0.3, 0.4) is 0 Å². The number of rotatable bonds is 2. The summed E-state index contributed by atoms with van der Waals surface area (Å²) in [6, 6.07) is 8.33. The molecule has 0 spiro atoms. The molecular weight excluding hydrogens is 409 g/mol. The summed E-state index contributed by atoms with van der Waals surface area (Å²) in [5.74, 6) is -2.37. The van der Waals surface area contributed by atoms with Crippen LogP contribution in [0.1, 0.15) is 32.3 Å². The van der Waals surface area contributed by atoms with Crippen LogP contribution in [0.15, 0.2) is 30.3 Å². The topological polar surface area (TPSA) is 58.6 Å². The minimum Gasteiger partial charge on any atom is -0.444 e. The predicted molar refractivity (Wildman–Crippen MR) is 106 cm³/mol. The summed E-state index contributed by atoms with van der Waals surface area (Å²) < 4.78 is 44.6. The lowest BCUT2D eigenvalue weighted by Crippen LogP contribution is -2.40. The van der Waals surface area contributed by atoms with Crippen LogP contribution >= 0.6 is 11.6 Å². The minimum atomic E-state index is -5.02. The van der Waals surface area contributed by atoms with E-state index in [2.05, 4.69) is 5.32 Å². The fourth-order valence-electron chi connectivity index (χ4n) is 3.43. The first-order valence-corrected chi connectivity index (χ1v) is 9.46. The van der Waals surface area contributed by atoms with Gasteiger partial charge in [-0.1, -0.05) is 24.3 Å². The number of nitrogens with zero attached hydrogens (tertiary/aromatic N) is 1. The highest BCUT2D eigenvalue weighted by Crippen LogP contribution is 2.45.